The molecule has 1 unspecified atom stereocenters. The van der Waals surface area contributed by atoms with Crippen molar-refractivity contribution in [2.24, 2.45) is 0 Å². The number of anilines is 1. The first-order valence-corrected chi connectivity index (χ1v) is 8.77. The summed E-state index contributed by atoms with van der Waals surface area (Å²) in [4.78, 5) is 2.37. The molecular formula is C13H20BrN3O2S. The molecular weight excluding hydrogens is 342 g/mol. The molecule has 1 aromatic carbocycles. The van der Waals surface area contributed by atoms with E-state index < -0.39 is 10.0 Å². The summed E-state index contributed by atoms with van der Waals surface area (Å²) >= 11 is 3.30. The van der Waals surface area contributed by atoms with E-state index >= 15 is 0 Å². The Hall–Kier alpha value is -0.630. The van der Waals surface area contributed by atoms with E-state index in [1.807, 2.05) is 14.1 Å². The minimum Gasteiger partial charge on any atom is -0.399 e. The minimum atomic E-state index is -3.47. The van der Waals surface area contributed by atoms with E-state index in [9.17, 15) is 8.42 Å². The van der Waals surface area contributed by atoms with Crippen molar-refractivity contribution >= 4 is 31.6 Å². The first-order chi connectivity index (χ1) is 9.32. The Bertz CT molecular complexity index is 589. The number of halogens is 1. The highest BCUT2D eigenvalue weighted by molar-refractivity contribution is 9.10. The Balaban J connectivity index is 2.30. The average molecular weight is 362 g/mol. The zero-order valence-electron chi connectivity index (χ0n) is 11.7. The molecule has 1 aliphatic rings. The molecule has 20 heavy (non-hydrogen) atoms. The van der Waals surface area contributed by atoms with Gasteiger partial charge < -0.3 is 10.6 Å². The first-order valence-electron chi connectivity index (χ1n) is 6.54. The molecule has 0 aliphatic carbocycles. The number of benzene rings is 1. The van der Waals surface area contributed by atoms with E-state index in [2.05, 4.69) is 20.8 Å². The summed E-state index contributed by atoms with van der Waals surface area (Å²) in [6, 6.07) is 5.07. The third-order valence-electron chi connectivity index (χ3n) is 3.66. The molecule has 112 valence electrons. The molecule has 0 radical (unpaired) electrons. The Kier molecular flexibility index (Phi) is 4.73. The number of nitrogens with zero attached hydrogens (tertiary/aromatic N) is 2. The zero-order valence-corrected chi connectivity index (χ0v) is 14.1. The van der Waals surface area contributed by atoms with Crippen molar-refractivity contribution in [1.82, 2.24) is 9.21 Å². The molecule has 0 bridgehead atoms. The van der Waals surface area contributed by atoms with Crippen molar-refractivity contribution in [1.29, 1.82) is 0 Å². The third kappa shape index (κ3) is 3.16. The van der Waals surface area contributed by atoms with Gasteiger partial charge in [-0.3, -0.25) is 0 Å². The molecule has 1 saturated heterocycles. The SMILES string of the molecule is CN(C)C1CCCN(S(=O)(=O)c2ccc(N)cc2Br)C1. The van der Waals surface area contributed by atoms with Crippen molar-refractivity contribution < 1.29 is 8.42 Å². The van der Waals surface area contributed by atoms with E-state index in [0.717, 1.165) is 12.8 Å². The van der Waals surface area contributed by atoms with Gasteiger partial charge in [-0.25, -0.2) is 8.42 Å². The summed E-state index contributed by atoms with van der Waals surface area (Å²) in [5, 5.41) is 0. The van der Waals surface area contributed by atoms with Gasteiger partial charge in [0.2, 0.25) is 10.0 Å². The Morgan fingerprint density at radius 3 is 2.70 bits per heavy atom. The summed E-state index contributed by atoms with van der Waals surface area (Å²) in [6.45, 7) is 1.11. The highest BCUT2D eigenvalue weighted by Crippen LogP contribution is 2.29. The van der Waals surface area contributed by atoms with Crippen LogP contribution in [0.5, 0.6) is 0 Å². The molecule has 2 rings (SSSR count). The summed E-state index contributed by atoms with van der Waals surface area (Å²) in [5.74, 6) is 0. The Morgan fingerprint density at radius 2 is 2.10 bits per heavy atom. The third-order valence-corrected chi connectivity index (χ3v) is 6.51. The number of nitrogens with two attached hydrogens (primary N) is 1. The van der Waals surface area contributed by atoms with E-state index in [-0.39, 0.29) is 10.9 Å². The van der Waals surface area contributed by atoms with Crippen molar-refractivity contribution in [2.45, 2.75) is 23.8 Å². The lowest BCUT2D eigenvalue weighted by Crippen LogP contribution is -2.47. The summed E-state index contributed by atoms with van der Waals surface area (Å²) in [6.07, 6.45) is 1.91. The molecule has 7 heteroatoms. The predicted molar refractivity (Wildman–Crippen MR) is 84.0 cm³/mol. The highest BCUT2D eigenvalue weighted by Gasteiger charge is 2.32. The monoisotopic (exact) mass is 361 g/mol. The molecule has 0 amide bonds. The second kappa shape index (κ2) is 6.01. The van der Waals surface area contributed by atoms with Crippen LogP contribution in [-0.4, -0.2) is 50.8 Å². The van der Waals surface area contributed by atoms with Gasteiger partial charge in [-0.2, -0.15) is 4.31 Å². The lowest BCUT2D eigenvalue weighted by molar-refractivity contribution is 0.190. The maximum absolute atomic E-state index is 12.7. The van der Waals surface area contributed by atoms with Gasteiger partial charge in [-0.15, -0.1) is 0 Å². The molecule has 0 saturated carbocycles. The average Bonchev–Trinajstić information content (AvgIpc) is 2.38. The molecule has 1 aromatic rings. The quantitative estimate of drug-likeness (QED) is 0.832. The zero-order chi connectivity index (χ0) is 14.9. The van der Waals surface area contributed by atoms with Gasteiger partial charge in [0.25, 0.3) is 0 Å². The molecule has 0 aromatic heterocycles. The summed E-state index contributed by atoms with van der Waals surface area (Å²) in [5.41, 5.74) is 6.21. The number of piperidine rings is 1. The molecule has 5 nitrogen and oxygen atoms in total. The second-order valence-corrected chi connectivity index (χ2v) is 8.07. The predicted octanol–water partition coefficient (Wildman–Crippen LogP) is 1.75. The fourth-order valence-corrected chi connectivity index (χ4v) is 5.00. The molecule has 1 heterocycles. The number of hydrogen-bond donors (Lipinski definition) is 1. The van der Waals surface area contributed by atoms with Crippen LogP contribution in [0.25, 0.3) is 0 Å². The maximum atomic E-state index is 12.7. The highest BCUT2D eigenvalue weighted by atomic mass is 79.9. The number of sulfonamides is 1. The standard InChI is InChI=1S/C13H20BrN3O2S/c1-16(2)11-4-3-7-17(9-11)20(18,19)13-6-5-10(15)8-12(13)14/h5-6,8,11H,3-4,7,9,15H2,1-2H3. The first kappa shape index (κ1) is 15.8. The smallest absolute Gasteiger partial charge is 0.244 e. The maximum Gasteiger partial charge on any atom is 0.244 e. The molecule has 1 atom stereocenters. The van der Waals surface area contributed by atoms with Crippen LogP contribution in [0.3, 0.4) is 0 Å². The van der Waals surface area contributed by atoms with Crippen LogP contribution in [0.15, 0.2) is 27.6 Å². The van der Waals surface area contributed by atoms with Crippen molar-refractivity contribution in [3.05, 3.63) is 22.7 Å². The second-order valence-electron chi connectivity index (χ2n) is 5.31. The van der Waals surface area contributed by atoms with Crippen LogP contribution in [0.1, 0.15) is 12.8 Å². The number of hydrogen-bond acceptors (Lipinski definition) is 4. The topological polar surface area (TPSA) is 66.6 Å². The minimum absolute atomic E-state index is 0.270. The fourth-order valence-electron chi connectivity index (χ4n) is 2.43. The van der Waals surface area contributed by atoms with Gasteiger partial charge in [0.15, 0.2) is 0 Å². The number of likely N-dealkylation sites (N-methyl/N-ethyl adjacent to an activating group) is 1. The van der Waals surface area contributed by atoms with E-state index in [1.54, 1.807) is 22.5 Å². The van der Waals surface area contributed by atoms with Crippen molar-refractivity contribution in [3.8, 4) is 0 Å². The number of rotatable bonds is 3. The summed E-state index contributed by atoms with van der Waals surface area (Å²) in [7, 11) is 0.500. The van der Waals surface area contributed by atoms with Crippen LogP contribution in [0.4, 0.5) is 5.69 Å². The molecule has 1 aliphatic heterocycles. The lowest BCUT2D eigenvalue weighted by Gasteiger charge is -2.35. The Labute approximate surface area is 128 Å². The van der Waals surface area contributed by atoms with Gasteiger partial charge in [0, 0.05) is 29.3 Å². The molecule has 0 spiro atoms. The van der Waals surface area contributed by atoms with Crippen molar-refractivity contribution in [2.75, 3.05) is 32.9 Å². The van der Waals surface area contributed by atoms with Gasteiger partial charge in [-0.1, -0.05) is 0 Å². The normalized spacial score (nSPS) is 21.3. The van der Waals surface area contributed by atoms with Crippen LogP contribution in [0.2, 0.25) is 0 Å². The van der Waals surface area contributed by atoms with Gasteiger partial charge in [-0.05, 0) is 61.1 Å². The Morgan fingerprint density at radius 1 is 1.40 bits per heavy atom. The summed E-state index contributed by atoms with van der Waals surface area (Å²) < 4.78 is 27.5. The van der Waals surface area contributed by atoms with E-state index in [4.69, 9.17) is 5.73 Å². The van der Waals surface area contributed by atoms with Crippen LogP contribution in [0, 0.1) is 0 Å². The van der Waals surface area contributed by atoms with Gasteiger partial charge >= 0.3 is 0 Å². The molecule has 1 fully saturated rings. The van der Waals surface area contributed by atoms with Crippen LogP contribution < -0.4 is 5.73 Å². The number of nitrogen functional groups attached to an aromatic ring is 1. The largest absolute Gasteiger partial charge is 0.399 e. The van der Waals surface area contributed by atoms with E-state index in [0.29, 0.717) is 23.2 Å². The van der Waals surface area contributed by atoms with Gasteiger partial charge in [0.1, 0.15) is 0 Å². The fraction of sp³-hybridized carbons (Fsp3) is 0.538. The lowest BCUT2D eigenvalue weighted by atomic mass is 10.1. The van der Waals surface area contributed by atoms with Gasteiger partial charge in [0.05, 0.1) is 4.90 Å². The van der Waals surface area contributed by atoms with Crippen molar-refractivity contribution in [3.63, 3.8) is 0 Å². The van der Waals surface area contributed by atoms with E-state index in [1.165, 1.54) is 0 Å². The van der Waals surface area contributed by atoms with Crippen LogP contribution in [-0.2, 0) is 10.0 Å². The molecule has 2 N–H and O–H groups in total. The van der Waals surface area contributed by atoms with Crippen LogP contribution >= 0.6 is 15.9 Å².